The molecule has 34 heavy (non-hydrogen) atoms. The Labute approximate surface area is 197 Å². The number of hydrogen-bond donors (Lipinski definition) is 0. The van der Waals surface area contributed by atoms with Gasteiger partial charge in [-0.05, 0) is 44.5 Å². The van der Waals surface area contributed by atoms with E-state index in [4.69, 9.17) is 9.15 Å². The van der Waals surface area contributed by atoms with E-state index >= 15 is 0 Å². The van der Waals surface area contributed by atoms with Gasteiger partial charge in [0.25, 0.3) is 5.91 Å². The molecule has 0 saturated carbocycles. The van der Waals surface area contributed by atoms with Crippen molar-refractivity contribution in [3.05, 3.63) is 91.5 Å². The van der Waals surface area contributed by atoms with Crippen LogP contribution in [0.25, 0.3) is 11.0 Å². The summed E-state index contributed by atoms with van der Waals surface area (Å²) in [5.74, 6) is -1.80. The van der Waals surface area contributed by atoms with Crippen molar-refractivity contribution in [3.8, 4) is 0 Å². The fourth-order valence-electron chi connectivity index (χ4n) is 4.08. The van der Waals surface area contributed by atoms with Gasteiger partial charge in [-0.1, -0.05) is 41.2 Å². The van der Waals surface area contributed by atoms with E-state index in [1.165, 1.54) is 17.0 Å². The van der Waals surface area contributed by atoms with Crippen molar-refractivity contribution in [1.29, 1.82) is 0 Å². The van der Waals surface area contributed by atoms with Crippen LogP contribution >= 0.6 is 11.3 Å². The first kappa shape index (κ1) is 22.0. The monoisotopic (exact) mass is 478 g/mol. The van der Waals surface area contributed by atoms with Crippen LogP contribution in [-0.4, -0.2) is 23.5 Å². The molecule has 1 amide bonds. The Bertz CT molecular complexity index is 1520. The maximum atomic E-state index is 13.9. The average molecular weight is 479 g/mol. The second-order valence-electron chi connectivity index (χ2n) is 7.93. The van der Waals surface area contributed by atoms with Gasteiger partial charge in [0, 0.05) is 0 Å². The SMILES string of the molecule is CCOC(=O)c1sc(N2C(=O)c3oc4ccc(F)cc4c(=O)c3[C@H]2c2ccc(C)cc2)nc1C. The number of benzene rings is 2. The molecule has 0 fully saturated rings. The number of anilines is 1. The lowest BCUT2D eigenvalue weighted by Gasteiger charge is -2.22. The van der Waals surface area contributed by atoms with Gasteiger partial charge in [0.1, 0.15) is 16.3 Å². The first-order chi connectivity index (χ1) is 16.3. The molecule has 0 unspecified atom stereocenters. The number of nitrogens with zero attached hydrogens (tertiary/aromatic N) is 2. The van der Waals surface area contributed by atoms with Crippen molar-refractivity contribution in [1.82, 2.24) is 4.98 Å². The van der Waals surface area contributed by atoms with Gasteiger partial charge in [0.15, 0.2) is 10.6 Å². The Balaban J connectivity index is 1.75. The fourth-order valence-corrected chi connectivity index (χ4v) is 5.07. The van der Waals surface area contributed by atoms with Crippen LogP contribution in [0, 0.1) is 19.7 Å². The third-order valence-electron chi connectivity index (χ3n) is 5.68. The minimum atomic E-state index is -0.854. The molecule has 0 saturated heterocycles. The summed E-state index contributed by atoms with van der Waals surface area (Å²) in [7, 11) is 0. The Morgan fingerprint density at radius 2 is 1.91 bits per heavy atom. The standard InChI is InChI=1S/C25H19FN2O5S/c1-4-32-24(31)22-13(3)27-25(34-22)28-19(14-7-5-12(2)6-8-14)18-20(29)16-11-15(26)9-10-17(16)33-21(18)23(28)30/h5-11,19H,4H2,1-3H3/t19-/m1/s1. The van der Waals surface area contributed by atoms with Crippen LogP contribution in [0.4, 0.5) is 9.52 Å². The lowest BCUT2D eigenvalue weighted by atomic mass is 9.98. The number of thiazole rings is 1. The number of carbonyl (C=O) groups excluding carboxylic acids is 2. The number of amides is 1. The molecule has 1 aliphatic rings. The van der Waals surface area contributed by atoms with Crippen molar-refractivity contribution in [2.24, 2.45) is 0 Å². The van der Waals surface area contributed by atoms with Crippen LogP contribution in [0.2, 0.25) is 0 Å². The van der Waals surface area contributed by atoms with Crippen molar-refractivity contribution in [2.75, 3.05) is 11.5 Å². The highest BCUT2D eigenvalue weighted by Gasteiger charge is 2.45. The quantitative estimate of drug-likeness (QED) is 0.386. The van der Waals surface area contributed by atoms with E-state index in [-0.39, 0.29) is 38.9 Å². The van der Waals surface area contributed by atoms with E-state index in [0.29, 0.717) is 11.3 Å². The van der Waals surface area contributed by atoms with Gasteiger partial charge in [-0.3, -0.25) is 14.5 Å². The number of ether oxygens (including phenoxy) is 1. The zero-order valence-corrected chi connectivity index (χ0v) is 19.4. The zero-order valence-electron chi connectivity index (χ0n) is 18.5. The molecule has 0 aliphatic carbocycles. The Hall–Kier alpha value is -3.85. The van der Waals surface area contributed by atoms with Crippen LogP contribution in [-0.2, 0) is 4.74 Å². The van der Waals surface area contributed by atoms with Gasteiger partial charge >= 0.3 is 5.97 Å². The van der Waals surface area contributed by atoms with Gasteiger partial charge in [0.2, 0.25) is 5.76 Å². The number of aromatic nitrogens is 1. The van der Waals surface area contributed by atoms with Gasteiger partial charge in [-0.2, -0.15) is 0 Å². The first-order valence-corrected chi connectivity index (χ1v) is 11.4. The third-order valence-corrected chi connectivity index (χ3v) is 6.81. The second-order valence-corrected chi connectivity index (χ2v) is 8.91. The summed E-state index contributed by atoms with van der Waals surface area (Å²) < 4.78 is 24.9. The number of hydrogen-bond acceptors (Lipinski definition) is 7. The second kappa shape index (κ2) is 8.18. The molecule has 5 rings (SSSR count). The lowest BCUT2D eigenvalue weighted by molar-refractivity contribution is 0.0531. The molecule has 3 heterocycles. The number of esters is 1. The maximum absolute atomic E-state index is 13.9. The smallest absolute Gasteiger partial charge is 0.350 e. The molecule has 0 radical (unpaired) electrons. The fraction of sp³-hybridized carbons (Fsp3) is 0.200. The summed E-state index contributed by atoms with van der Waals surface area (Å²) in [6, 6.07) is 10.1. The number of aryl methyl sites for hydroxylation is 2. The Morgan fingerprint density at radius 1 is 1.18 bits per heavy atom. The summed E-state index contributed by atoms with van der Waals surface area (Å²) >= 11 is 1.01. The van der Waals surface area contributed by atoms with Crippen LogP contribution in [0.15, 0.2) is 51.7 Å². The Kier molecular flexibility index (Phi) is 5.28. The van der Waals surface area contributed by atoms with Gasteiger partial charge in [-0.25, -0.2) is 14.2 Å². The topological polar surface area (TPSA) is 89.7 Å². The molecule has 7 nitrogen and oxygen atoms in total. The van der Waals surface area contributed by atoms with Crippen LogP contribution in [0.3, 0.4) is 0 Å². The predicted molar refractivity (Wildman–Crippen MR) is 125 cm³/mol. The van der Waals surface area contributed by atoms with E-state index in [9.17, 15) is 18.8 Å². The number of halogens is 1. The molecular weight excluding hydrogens is 459 g/mol. The Morgan fingerprint density at radius 3 is 2.62 bits per heavy atom. The molecule has 0 N–H and O–H groups in total. The molecule has 1 aliphatic heterocycles. The zero-order chi connectivity index (χ0) is 24.1. The third kappa shape index (κ3) is 3.40. The van der Waals surface area contributed by atoms with E-state index in [1.807, 2.05) is 31.2 Å². The molecular formula is C25H19FN2O5S. The largest absolute Gasteiger partial charge is 0.462 e. The van der Waals surface area contributed by atoms with Gasteiger partial charge in [0.05, 0.1) is 29.3 Å². The van der Waals surface area contributed by atoms with Crippen LogP contribution in [0.5, 0.6) is 0 Å². The highest BCUT2D eigenvalue weighted by Crippen LogP contribution is 2.43. The van der Waals surface area contributed by atoms with Crippen LogP contribution < -0.4 is 10.3 Å². The highest BCUT2D eigenvalue weighted by atomic mass is 32.1. The molecule has 4 aromatic rings. The predicted octanol–water partition coefficient (Wildman–Crippen LogP) is 4.93. The summed E-state index contributed by atoms with van der Waals surface area (Å²) in [4.78, 5) is 45.6. The lowest BCUT2D eigenvalue weighted by Crippen LogP contribution is -2.29. The average Bonchev–Trinajstić information content (AvgIpc) is 3.33. The van der Waals surface area contributed by atoms with Crippen molar-refractivity contribution < 1.29 is 23.1 Å². The van der Waals surface area contributed by atoms with Crippen LogP contribution in [0.1, 0.15) is 55.6 Å². The van der Waals surface area contributed by atoms with Gasteiger partial charge in [-0.15, -0.1) is 0 Å². The molecule has 9 heteroatoms. The summed E-state index contributed by atoms with van der Waals surface area (Å²) in [5, 5.41) is 0.283. The highest BCUT2D eigenvalue weighted by molar-refractivity contribution is 7.17. The molecule has 2 aromatic carbocycles. The van der Waals surface area contributed by atoms with Crippen molar-refractivity contribution in [3.63, 3.8) is 0 Å². The summed E-state index contributed by atoms with van der Waals surface area (Å²) in [6.45, 7) is 5.48. The van der Waals surface area contributed by atoms with E-state index in [2.05, 4.69) is 4.98 Å². The minimum Gasteiger partial charge on any atom is -0.462 e. The molecule has 1 atom stereocenters. The summed E-state index contributed by atoms with van der Waals surface area (Å²) in [6.07, 6.45) is 0. The molecule has 172 valence electrons. The molecule has 0 bridgehead atoms. The van der Waals surface area contributed by atoms with Crippen molar-refractivity contribution in [2.45, 2.75) is 26.8 Å². The maximum Gasteiger partial charge on any atom is 0.350 e. The number of fused-ring (bicyclic) bond motifs is 2. The van der Waals surface area contributed by atoms with E-state index < -0.39 is 29.2 Å². The molecule has 2 aromatic heterocycles. The minimum absolute atomic E-state index is 0.0491. The molecule has 0 spiro atoms. The van der Waals surface area contributed by atoms with E-state index in [1.54, 1.807) is 13.8 Å². The normalized spacial score (nSPS) is 15.1. The van der Waals surface area contributed by atoms with Crippen molar-refractivity contribution >= 4 is 39.3 Å². The van der Waals surface area contributed by atoms with Gasteiger partial charge < -0.3 is 9.15 Å². The first-order valence-electron chi connectivity index (χ1n) is 10.6. The summed E-state index contributed by atoms with van der Waals surface area (Å²) in [5.41, 5.74) is 1.81. The van der Waals surface area contributed by atoms with E-state index in [0.717, 1.165) is 23.0 Å². The number of carbonyl (C=O) groups is 2. The number of rotatable bonds is 4.